The summed E-state index contributed by atoms with van der Waals surface area (Å²) in [6, 6.07) is 8.93. The van der Waals surface area contributed by atoms with Gasteiger partial charge in [-0.1, -0.05) is 12.1 Å². The van der Waals surface area contributed by atoms with E-state index in [1.165, 1.54) is 6.07 Å². The van der Waals surface area contributed by atoms with Crippen LogP contribution in [0.15, 0.2) is 39.9 Å². The average molecular weight is 357 g/mol. The minimum atomic E-state index is -1.25. The van der Waals surface area contributed by atoms with E-state index >= 15 is 0 Å². The number of halogens is 1. The van der Waals surface area contributed by atoms with Gasteiger partial charge in [0.15, 0.2) is 0 Å². The lowest BCUT2D eigenvalue weighted by molar-refractivity contribution is 0.0905. The first-order chi connectivity index (χ1) is 8.37. The summed E-state index contributed by atoms with van der Waals surface area (Å²) in [5.74, 6) is 0. The summed E-state index contributed by atoms with van der Waals surface area (Å²) in [4.78, 5) is 21.9. The Morgan fingerprint density at radius 3 is 2.39 bits per heavy atom. The number of rotatable bonds is 4. The number of hydrogen-bond acceptors (Lipinski definition) is 4. The van der Waals surface area contributed by atoms with Crippen LogP contribution in [0, 0.1) is 3.57 Å². The van der Waals surface area contributed by atoms with Gasteiger partial charge in [-0.3, -0.25) is 9.59 Å². The lowest BCUT2D eigenvalue weighted by Crippen LogP contribution is -2.43. The third-order valence-corrected chi connectivity index (χ3v) is 3.33. The predicted molar refractivity (Wildman–Crippen MR) is 78.5 cm³/mol. The molecule has 2 N–H and O–H groups in total. The second kappa shape index (κ2) is 4.81. The highest BCUT2D eigenvalue weighted by atomic mass is 127. The van der Waals surface area contributed by atoms with Crippen LogP contribution in [-0.4, -0.2) is 10.8 Å². The molecular weight excluding hydrogens is 345 g/mol. The first kappa shape index (κ1) is 13.2. The van der Waals surface area contributed by atoms with E-state index in [1.54, 1.807) is 6.92 Å². The van der Waals surface area contributed by atoms with Crippen LogP contribution >= 0.6 is 22.6 Å². The standard InChI is InChI=1S/C13H12INO3/c1-13(18,15-10-6-11(16)12(10)17)7-8-2-4-9(14)5-3-8/h2-6,15,18H,7H2,1H3. The van der Waals surface area contributed by atoms with Crippen LogP contribution in [-0.2, 0) is 6.42 Å². The van der Waals surface area contributed by atoms with E-state index in [0.29, 0.717) is 6.42 Å². The van der Waals surface area contributed by atoms with Crippen LogP contribution in [0.1, 0.15) is 12.5 Å². The normalized spacial score (nSPS) is 14.4. The van der Waals surface area contributed by atoms with E-state index in [2.05, 4.69) is 27.9 Å². The molecule has 1 atom stereocenters. The largest absolute Gasteiger partial charge is 0.371 e. The molecule has 0 fully saturated rings. The van der Waals surface area contributed by atoms with Crippen molar-refractivity contribution in [2.75, 3.05) is 5.32 Å². The fraction of sp³-hybridized carbons (Fsp3) is 0.231. The first-order valence-corrected chi connectivity index (χ1v) is 6.51. The second-order valence-corrected chi connectivity index (χ2v) is 5.70. The number of aliphatic hydroxyl groups is 1. The van der Waals surface area contributed by atoms with Crippen molar-refractivity contribution >= 4 is 28.3 Å². The molecule has 2 aromatic carbocycles. The Bertz CT molecular complexity index is 624. The monoisotopic (exact) mass is 357 g/mol. The smallest absolute Gasteiger partial charge is 0.248 e. The lowest BCUT2D eigenvalue weighted by Gasteiger charge is -2.26. The molecule has 0 amide bonds. The van der Waals surface area contributed by atoms with Crippen LogP contribution in [0.4, 0.5) is 5.69 Å². The van der Waals surface area contributed by atoms with Crippen molar-refractivity contribution < 1.29 is 5.11 Å². The van der Waals surface area contributed by atoms with Crippen LogP contribution in [0.3, 0.4) is 0 Å². The molecule has 0 radical (unpaired) electrons. The van der Waals surface area contributed by atoms with E-state index in [1.807, 2.05) is 24.3 Å². The fourth-order valence-corrected chi connectivity index (χ4v) is 2.10. The molecule has 2 aromatic rings. The van der Waals surface area contributed by atoms with E-state index in [4.69, 9.17) is 0 Å². The molecule has 2 rings (SSSR count). The number of benzene rings is 1. The summed E-state index contributed by atoms with van der Waals surface area (Å²) in [5, 5.41) is 12.8. The summed E-state index contributed by atoms with van der Waals surface area (Å²) in [7, 11) is 0. The van der Waals surface area contributed by atoms with Gasteiger partial charge in [-0.25, -0.2) is 0 Å². The summed E-state index contributed by atoms with van der Waals surface area (Å²) in [6.45, 7) is 1.57. The highest BCUT2D eigenvalue weighted by Gasteiger charge is 2.23. The maximum absolute atomic E-state index is 11.1. The predicted octanol–water partition coefficient (Wildman–Crippen LogP) is 1.25. The highest BCUT2D eigenvalue weighted by Crippen LogP contribution is 2.16. The fourth-order valence-electron chi connectivity index (χ4n) is 1.74. The molecule has 1 unspecified atom stereocenters. The average Bonchev–Trinajstić information content (AvgIpc) is 2.31. The Morgan fingerprint density at radius 1 is 1.28 bits per heavy atom. The third kappa shape index (κ3) is 2.97. The summed E-state index contributed by atoms with van der Waals surface area (Å²) < 4.78 is 1.12. The van der Waals surface area contributed by atoms with Gasteiger partial charge < -0.3 is 10.4 Å². The van der Waals surface area contributed by atoms with Gasteiger partial charge in [-0.15, -0.1) is 0 Å². The summed E-state index contributed by atoms with van der Waals surface area (Å²) >= 11 is 2.20. The molecule has 4 nitrogen and oxygen atoms in total. The van der Waals surface area contributed by atoms with Crippen LogP contribution in [0.25, 0.3) is 0 Å². The minimum Gasteiger partial charge on any atom is -0.371 e. The Kier molecular flexibility index (Phi) is 3.54. The highest BCUT2D eigenvalue weighted by molar-refractivity contribution is 14.1. The maximum atomic E-state index is 11.1. The van der Waals surface area contributed by atoms with Gasteiger partial charge in [0.25, 0.3) is 0 Å². The van der Waals surface area contributed by atoms with Crippen molar-refractivity contribution in [1.29, 1.82) is 0 Å². The van der Waals surface area contributed by atoms with Gasteiger partial charge in [-0.2, -0.15) is 0 Å². The first-order valence-electron chi connectivity index (χ1n) is 5.43. The van der Waals surface area contributed by atoms with Gasteiger partial charge in [-0.05, 0) is 47.2 Å². The molecular formula is C13H12INO3. The topological polar surface area (TPSA) is 66.4 Å². The molecule has 5 heteroatoms. The molecule has 0 saturated carbocycles. The molecule has 0 aromatic heterocycles. The van der Waals surface area contributed by atoms with Crippen molar-refractivity contribution in [3.8, 4) is 0 Å². The Hall–Kier alpha value is -1.21. The van der Waals surface area contributed by atoms with Gasteiger partial charge in [0.2, 0.25) is 10.9 Å². The number of anilines is 1. The Balaban J connectivity index is 2.08. The lowest BCUT2D eigenvalue weighted by atomic mass is 10.0. The molecule has 0 saturated heterocycles. The van der Waals surface area contributed by atoms with Crippen molar-refractivity contribution in [3.05, 3.63) is 59.9 Å². The van der Waals surface area contributed by atoms with Crippen molar-refractivity contribution in [2.45, 2.75) is 19.1 Å². The SMILES string of the molecule is CC(O)(Cc1ccc(I)cc1)Nc1cc(=O)c1=O. The molecule has 0 spiro atoms. The molecule has 94 valence electrons. The second-order valence-electron chi connectivity index (χ2n) is 4.45. The maximum Gasteiger partial charge on any atom is 0.248 e. The van der Waals surface area contributed by atoms with E-state index in [-0.39, 0.29) is 5.69 Å². The van der Waals surface area contributed by atoms with Crippen LogP contribution < -0.4 is 16.2 Å². The van der Waals surface area contributed by atoms with E-state index in [0.717, 1.165) is 9.13 Å². The van der Waals surface area contributed by atoms with Crippen LogP contribution in [0.2, 0.25) is 0 Å². The zero-order valence-corrected chi connectivity index (χ0v) is 11.9. The van der Waals surface area contributed by atoms with Gasteiger partial charge >= 0.3 is 0 Å². The van der Waals surface area contributed by atoms with Gasteiger partial charge in [0.1, 0.15) is 5.72 Å². The van der Waals surface area contributed by atoms with Crippen LogP contribution in [0.5, 0.6) is 0 Å². The quantitative estimate of drug-likeness (QED) is 0.491. The molecule has 0 aliphatic carbocycles. The minimum absolute atomic E-state index is 0.176. The van der Waals surface area contributed by atoms with Crippen molar-refractivity contribution in [3.63, 3.8) is 0 Å². The Labute approximate surface area is 117 Å². The zero-order valence-electron chi connectivity index (χ0n) is 9.74. The molecule has 0 aliphatic heterocycles. The van der Waals surface area contributed by atoms with Gasteiger partial charge in [0.05, 0.1) is 5.69 Å². The third-order valence-electron chi connectivity index (χ3n) is 2.61. The number of nitrogens with one attached hydrogen (secondary N) is 1. The summed E-state index contributed by atoms with van der Waals surface area (Å²) in [6.07, 6.45) is 0.350. The van der Waals surface area contributed by atoms with Crippen molar-refractivity contribution in [2.24, 2.45) is 0 Å². The zero-order chi connectivity index (χ0) is 13.3. The molecule has 18 heavy (non-hydrogen) atoms. The number of hydrogen-bond donors (Lipinski definition) is 2. The van der Waals surface area contributed by atoms with E-state index < -0.39 is 16.6 Å². The molecule has 0 heterocycles. The Morgan fingerprint density at radius 2 is 1.89 bits per heavy atom. The summed E-state index contributed by atoms with van der Waals surface area (Å²) in [5.41, 5.74) is -1.22. The molecule has 0 aliphatic rings. The van der Waals surface area contributed by atoms with Crippen molar-refractivity contribution in [1.82, 2.24) is 0 Å². The van der Waals surface area contributed by atoms with Gasteiger partial charge in [0, 0.05) is 16.1 Å². The van der Waals surface area contributed by atoms with E-state index in [9.17, 15) is 14.7 Å². The molecule has 0 bridgehead atoms.